The van der Waals surface area contributed by atoms with Gasteiger partial charge in [-0.3, -0.25) is 10.1 Å². The molecule has 0 aliphatic heterocycles. The first kappa shape index (κ1) is 15.5. The summed E-state index contributed by atoms with van der Waals surface area (Å²) in [4.78, 5) is 9.89. The monoisotopic (exact) mass is 313 g/mol. The highest BCUT2D eigenvalue weighted by Gasteiger charge is 2.32. The van der Waals surface area contributed by atoms with Gasteiger partial charge >= 0.3 is 0 Å². The number of nitro benzene ring substituents is 1. The highest BCUT2D eigenvalue weighted by Crippen LogP contribution is 2.34. The second kappa shape index (κ2) is 6.04. The van der Waals surface area contributed by atoms with Crippen molar-refractivity contribution in [3.05, 3.63) is 39.9 Å². The Balaban J connectivity index is 2.73. The average molecular weight is 315 g/mol. The minimum atomic E-state index is -1.89. The molecular weight excluding hydrogens is 304 g/mol. The molecule has 0 bridgehead atoms. The number of non-ortho nitro benzene ring substituents is 1. The summed E-state index contributed by atoms with van der Waals surface area (Å²) in [6, 6.07) is 5.27. The molecule has 0 fully saturated rings. The van der Waals surface area contributed by atoms with Gasteiger partial charge in [0, 0.05) is 18.6 Å². The molecule has 0 unspecified atom stereocenters. The first-order chi connectivity index (χ1) is 8.21. The number of hydrogen-bond donors (Lipinski definition) is 2. The standard InChI is InChI=1S/C10H10Cl3NO4/c11-10(12,13)9(16)5-8(15)6-1-3-7(4-2-6)14(17)18/h1-4,8-9,15-16H,5H2/t8-,9+/m1/s1. The average Bonchev–Trinajstić information content (AvgIpc) is 2.27. The number of nitro groups is 1. The summed E-state index contributed by atoms with van der Waals surface area (Å²) in [6.45, 7) is 0. The Bertz CT molecular complexity index is 418. The molecule has 0 amide bonds. The molecule has 18 heavy (non-hydrogen) atoms. The summed E-state index contributed by atoms with van der Waals surface area (Å²) in [5.74, 6) is 0. The van der Waals surface area contributed by atoms with E-state index in [0.29, 0.717) is 5.56 Å². The Hall–Kier alpha value is -0.590. The summed E-state index contributed by atoms with van der Waals surface area (Å²) in [7, 11) is 0. The van der Waals surface area contributed by atoms with Crippen LogP contribution in [0.1, 0.15) is 18.1 Å². The van der Waals surface area contributed by atoms with E-state index < -0.39 is 20.9 Å². The molecule has 0 aromatic heterocycles. The van der Waals surface area contributed by atoms with E-state index in [-0.39, 0.29) is 12.1 Å². The van der Waals surface area contributed by atoms with Crippen molar-refractivity contribution >= 4 is 40.5 Å². The van der Waals surface area contributed by atoms with Crippen LogP contribution in [0, 0.1) is 10.1 Å². The largest absolute Gasteiger partial charge is 0.389 e. The van der Waals surface area contributed by atoms with Crippen LogP contribution in [0.15, 0.2) is 24.3 Å². The lowest BCUT2D eigenvalue weighted by Gasteiger charge is -2.21. The zero-order valence-corrected chi connectivity index (χ0v) is 11.2. The minimum Gasteiger partial charge on any atom is -0.389 e. The number of aliphatic hydroxyl groups excluding tert-OH is 2. The lowest BCUT2D eigenvalue weighted by molar-refractivity contribution is -0.384. The fourth-order valence-electron chi connectivity index (χ4n) is 1.30. The Morgan fingerprint density at radius 3 is 2.11 bits per heavy atom. The van der Waals surface area contributed by atoms with Gasteiger partial charge in [-0.1, -0.05) is 34.8 Å². The summed E-state index contributed by atoms with van der Waals surface area (Å²) < 4.78 is -1.89. The van der Waals surface area contributed by atoms with E-state index in [1.807, 2.05) is 0 Å². The molecule has 1 rings (SSSR count). The molecule has 1 aromatic carbocycles. The highest BCUT2D eigenvalue weighted by molar-refractivity contribution is 6.68. The van der Waals surface area contributed by atoms with Gasteiger partial charge in [0.25, 0.3) is 5.69 Å². The van der Waals surface area contributed by atoms with Gasteiger partial charge in [-0.05, 0) is 17.7 Å². The van der Waals surface area contributed by atoms with Gasteiger partial charge in [-0.15, -0.1) is 0 Å². The van der Waals surface area contributed by atoms with Crippen molar-refractivity contribution in [2.24, 2.45) is 0 Å². The topological polar surface area (TPSA) is 83.6 Å². The van der Waals surface area contributed by atoms with Crippen LogP contribution in [0.5, 0.6) is 0 Å². The summed E-state index contributed by atoms with van der Waals surface area (Å²) in [5, 5.41) is 29.7. The van der Waals surface area contributed by atoms with Gasteiger partial charge in [0.15, 0.2) is 0 Å². The smallest absolute Gasteiger partial charge is 0.269 e. The van der Waals surface area contributed by atoms with Crippen molar-refractivity contribution in [2.45, 2.75) is 22.4 Å². The number of halogens is 3. The molecule has 2 atom stereocenters. The molecule has 0 aliphatic carbocycles. The maximum atomic E-state index is 10.4. The van der Waals surface area contributed by atoms with Crippen molar-refractivity contribution in [3.63, 3.8) is 0 Å². The molecule has 0 saturated carbocycles. The van der Waals surface area contributed by atoms with Gasteiger partial charge in [0.1, 0.15) is 6.10 Å². The van der Waals surface area contributed by atoms with Gasteiger partial charge in [-0.25, -0.2) is 0 Å². The lowest BCUT2D eigenvalue weighted by Crippen LogP contribution is -2.27. The lowest BCUT2D eigenvalue weighted by atomic mass is 10.0. The van der Waals surface area contributed by atoms with Crippen molar-refractivity contribution in [2.75, 3.05) is 0 Å². The fourth-order valence-corrected chi connectivity index (χ4v) is 1.57. The third-order valence-electron chi connectivity index (χ3n) is 2.31. The van der Waals surface area contributed by atoms with E-state index in [1.165, 1.54) is 24.3 Å². The van der Waals surface area contributed by atoms with Crippen molar-refractivity contribution < 1.29 is 15.1 Å². The quantitative estimate of drug-likeness (QED) is 0.508. The van der Waals surface area contributed by atoms with Crippen LogP contribution in [0.25, 0.3) is 0 Å². The number of alkyl halides is 3. The van der Waals surface area contributed by atoms with E-state index in [1.54, 1.807) is 0 Å². The number of nitrogens with zero attached hydrogens (tertiary/aromatic N) is 1. The van der Waals surface area contributed by atoms with E-state index in [9.17, 15) is 20.3 Å². The molecular formula is C10H10Cl3NO4. The van der Waals surface area contributed by atoms with E-state index in [0.717, 1.165) is 0 Å². The first-order valence-corrected chi connectivity index (χ1v) is 6.02. The van der Waals surface area contributed by atoms with Crippen molar-refractivity contribution in [1.29, 1.82) is 0 Å². The van der Waals surface area contributed by atoms with Crippen molar-refractivity contribution in [1.82, 2.24) is 0 Å². The molecule has 0 radical (unpaired) electrons. The van der Waals surface area contributed by atoms with Crippen LogP contribution >= 0.6 is 34.8 Å². The molecule has 100 valence electrons. The summed E-state index contributed by atoms with van der Waals surface area (Å²) in [6.07, 6.45) is -2.60. The Morgan fingerprint density at radius 2 is 1.72 bits per heavy atom. The second-order valence-corrected chi connectivity index (χ2v) is 6.03. The predicted octanol–water partition coefficient (Wildman–Crippen LogP) is 2.75. The van der Waals surface area contributed by atoms with E-state index >= 15 is 0 Å². The zero-order valence-electron chi connectivity index (χ0n) is 8.96. The molecule has 0 saturated heterocycles. The molecule has 0 aliphatic rings. The number of benzene rings is 1. The summed E-state index contributed by atoms with van der Waals surface area (Å²) in [5.41, 5.74) is 0.307. The molecule has 2 N–H and O–H groups in total. The van der Waals surface area contributed by atoms with Crippen LogP contribution in [-0.2, 0) is 0 Å². The maximum absolute atomic E-state index is 10.4. The normalized spacial score (nSPS) is 15.2. The fraction of sp³-hybridized carbons (Fsp3) is 0.400. The molecule has 0 heterocycles. The second-order valence-electron chi connectivity index (χ2n) is 3.66. The number of hydrogen-bond acceptors (Lipinski definition) is 4. The number of aliphatic hydroxyl groups is 2. The SMILES string of the molecule is O=[N+]([O-])c1ccc([C@H](O)C[C@H](O)C(Cl)(Cl)Cl)cc1. The van der Waals surface area contributed by atoms with E-state index in [4.69, 9.17) is 34.8 Å². The summed E-state index contributed by atoms with van der Waals surface area (Å²) >= 11 is 16.4. The van der Waals surface area contributed by atoms with Crippen LogP contribution in [0.4, 0.5) is 5.69 Å². The predicted molar refractivity (Wildman–Crippen MR) is 69.0 cm³/mol. The van der Waals surface area contributed by atoms with E-state index in [2.05, 4.69) is 0 Å². The first-order valence-electron chi connectivity index (χ1n) is 4.89. The van der Waals surface area contributed by atoms with Crippen molar-refractivity contribution in [3.8, 4) is 0 Å². The zero-order chi connectivity index (χ0) is 13.9. The van der Waals surface area contributed by atoms with Gasteiger partial charge in [0.2, 0.25) is 3.79 Å². The van der Waals surface area contributed by atoms with Gasteiger partial charge in [0.05, 0.1) is 11.0 Å². The highest BCUT2D eigenvalue weighted by atomic mass is 35.6. The Morgan fingerprint density at radius 1 is 1.22 bits per heavy atom. The Kier molecular flexibility index (Phi) is 5.19. The minimum absolute atomic E-state index is 0.0899. The molecule has 8 heteroatoms. The third-order valence-corrected chi connectivity index (χ3v) is 3.07. The molecule has 1 aromatic rings. The molecule has 5 nitrogen and oxygen atoms in total. The Labute approximate surface area is 118 Å². The molecule has 0 spiro atoms. The van der Waals surface area contributed by atoms with Crippen LogP contribution in [-0.4, -0.2) is 25.0 Å². The van der Waals surface area contributed by atoms with Crippen LogP contribution in [0.3, 0.4) is 0 Å². The maximum Gasteiger partial charge on any atom is 0.269 e. The number of rotatable bonds is 4. The van der Waals surface area contributed by atoms with Gasteiger partial charge in [-0.2, -0.15) is 0 Å². The van der Waals surface area contributed by atoms with Gasteiger partial charge < -0.3 is 10.2 Å². The van der Waals surface area contributed by atoms with Crippen LogP contribution < -0.4 is 0 Å². The van der Waals surface area contributed by atoms with Crippen LogP contribution in [0.2, 0.25) is 0 Å². The third kappa shape index (κ3) is 4.26.